The quantitative estimate of drug-likeness (QED) is 0.593. The molecule has 0 amide bonds. The summed E-state index contributed by atoms with van der Waals surface area (Å²) in [6.45, 7) is 0. The van der Waals surface area contributed by atoms with Gasteiger partial charge in [-0.25, -0.2) is 0 Å². The number of allylic oxidation sites excluding steroid dienone is 2. The van der Waals surface area contributed by atoms with Crippen LogP contribution in [0.5, 0.6) is 0 Å². The molecule has 0 aromatic carbocycles. The van der Waals surface area contributed by atoms with Gasteiger partial charge < -0.3 is 5.11 Å². The van der Waals surface area contributed by atoms with Gasteiger partial charge >= 0.3 is 0 Å². The van der Waals surface area contributed by atoms with E-state index in [1.807, 2.05) is 0 Å². The lowest BCUT2D eigenvalue weighted by atomic mass is 10.1. The summed E-state index contributed by atoms with van der Waals surface area (Å²) in [6, 6.07) is 0. The molecule has 0 heterocycles. The second-order valence-corrected chi connectivity index (χ2v) is 3.53. The largest absolute Gasteiger partial charge is 0.370 e. The molecule has 0 bridgehead atoms. The van der Waals surface area contributed by atoms with Gasteiger partial charge in [0, 0.05) is 5.03 Å². The molecule has 1 aliphatic rings. The lowest BCUT2D eigenvalue weighted by Gasteiger charge is -2.22. The topological polar surface area (TPSA) is 20.2 Å². The summed E-state index contributed by atoms with van der Waals surface area (Å²) < 4.78 is 0. The van der Waals surface area contributed by atoms with Crippen molar-refractivity contribution in [3.05, 3.63) is 23.3 Å². The van der Waals surface area contributed by atoms with E-state index >= 15 is 0 Å². The van der Waals surface area contributed by atoms with Crippen molar-refractivity contribution in [1.82, 2.24) is 0 Å². The Morgan fingerprint density at radius 1 is 1.60 bits per heavy atom. The predicted molar refractivity (Wildman–Crippen MR) is 43.5 cm³/mol. The van der Waals surface area contributed by atoms with Gasteiger partial charge in [0.1, 0.15) is 0 Å². The van der Waals surface area contributed by atoms with Gasteiger partial charge in [-0.05, 0) is 12.2 Å². The highest BCUT2D eigenvalue weighted by Crippen LogP contribution is 2.30. The third-order valence-electron chi connectivity index (χ3n) is 1.15. The van der Waals surface area contributed by atoms with E-state index in [4.69, 9.17) is 34.8 Å². The van der Waals surface area contributed by atoms with Gasteiger partial charge in [0.2, 0.25) is 0 Å². The molecule has 2 unspecified atom stereocenters. The number of rotatable bonds is 0. The molecule has 0 saturated heterocycles. The molecule has 10 heavy (non-hydrogen) atoms. The Hall–Kier alpha value is 0.310. The van der Waals surface area contributed by atoms with E-state index in [0.717, 1.165) is 0 Å². The van der Waals surface area contributed by atoms with E-state index in [-0.39, 0.29) is 0 Å². The van der Waals surface area contributed by atoms with Gasteiger partial charge in [-0.3, -0.25) is 0 Å². The second-order valence-electron chi connectivity index (χ2n) is 2.02. The summed E-state index contributed by atoms with van der Waals surface area (Å²) in [7, 11) is 0. The zero-order valence-corrected chi connectivity index (χ0v) is 7.16. The molecule has 0 fully saturated rings. The van der Waals surface area contributed by atoms with Crippen LogP contribution in [0.4, 0.5) is 0 Å². The molecule has 1 rings (SSSR count). The fourth-order valence-electron chi connectivity index (χ4n) is 0.632. The molecular formula is C6H5Cl3O. The van der Waals surface area contributed by atoms with Crippen molar-refractivity contribution in [3.63, 3.8) is 0 Å². The Balaban J connectivity index is 2.88. The van der Waals surface area contributed by atoms with E-state index in [0.29, 0.717) is 5.03 Å². The highest BCUT2D eigenvalue weighted by atomic mass is 35.5. The minimum Gasteiger partial charge on any atom is -0.370 e. The van der Waals surface area contributed by atoms with Crippen molar-refractivity contribution in [2.24, 2.45) is 0 Å². The van der Waals surface area contributed by atoms with Gasteiger partial charge in [-0.2, -0.15) is 0 Å². The number of halogens is 3. The third kappa shape index (κ3) is 1.67. The zero-order valence-electron chi connectivity index (χ0n) is 4.89. The zero-order chi connectivity index (χ0) is 7.78. The molecular weight excluding hydrogens is 194 g/mol. The van der Waals surface area contributed by atoms with Gasteiger partial charge in [0.25, 0.3) is 0 Å². The van der Waals surface area contributed by atoms with Crippen LogP contribution in [-0.4, -0.2) is 15.5 Å². The molecule has 1 N–H and O–H groups in total. The van der Waals surface area contributed by atoms with E-state index in [1.165, 1.54) is 12.2 Å². The summed E-state index contributed by atoms with van der Waals surface area (Å²) in [6.07, 6.45) is 4.43. The summed E-state index contributed by atoms with van der Waals surface area (Å²) in [5, 5.41) is 7.48. The second kappa shape index (κ2) is 2.74. The van der Waals surface area contributed by atoms with Crippen LogP contribution in [-0.2, 0) is 0 Å². The molecule has 1 aliphatic carbocycles. The summed E-state index contributed by atoms with van der Waals surface area (Å²) in [4.78, 5) is 0. The lowest BCUT2D eigenvalue weighted by Crippen LogP contribution is -2.30. The summed E-state index contributed by atoms with van der Waals surface area (Å²) in [5.41, 5.74) is 0. The lowest BCUT2D eigenvalue weighted by molar-refractivity contribution is 0.184. The smallest absolute Gasteiger partial charge is 0.179 e. The molecule has 1 nitrogen and oxygen atoms in total. The third-order valence-corrected chi connectivity index (χ3v) is 2.32. The van der Waals surface area contributed by atoms with Gasteiger partial charge in [-0.15, -0.1) is 11.6 Å². The van der Waals surface area contributed by atoms with E-state index in [9.17, 15) is 5.11 Å². The summed E-state index contributed by atoms with van der Waals surface area (Å²) in [5.74, 6) is 0. The van der Waals surface area contributed by atoms with Crippen LogP contribution in [0.2, 0.25) is 0 Å². The molecule has 2 atom stereocenters. The Morgan fingerprint density at radius 3 is 2.60 bits per heavy atom. The van der Waals surface area contributed by atoms with Crippen molar-refractivity contribution >= 4 is 34.8 Å². The summed E-state index contributed by atoms with van der Waals surface area (Å²) >= 11 is 16.7. The van der Waals surface area contributed by atoms with Crippen LogP contribution < -0.4 is 0 Å². The maximum atomic E-state index is 9.23. The Bertz CT molecular complexity index is 195. The fraction of sp³-hybridized carbons (Fsp3) is 0.333. The van der Waals surface area contributed by atoms with Crippen LogP contribution >= 0.6 is 34.8 Å². The average Bonchev–Trinajstić information content (AvgIpc) is 1.78. The SMILES string of the molecule is OC1(Cl)C=C(Cl)C=CC1Cl. The first-order chi connectivity index (χ1) is 4.52. The van der Waals surface area contributed by atoms with Crippen LogP contribution in [0.15, 0.2) is 23.3 Å². The van der Waals surface area contributed by atoms with Gasteiger partial charge in [-0.1, -0.05) is 29.3 Å². The van der Waals surface area contributed by atoms with Crippen LogP contribution in [0.25, 0.3) is 0 Å². The number of aliphatic hydroxyl groups is 1. The molecule has 0 aromatic heterocycles. The van der Waals surface area contributed by atoms with Crippen molar-refractivity contribution in [2.75, 3.05) is 0 Å². The van der Waals surface area contributed by atoms with Crippen molar-refractivity contribution in [2.45, 2.75) is 10.4 Å². The van der Waals surface area contributed by atoms with Crippen molar-refractivity contribution in [1.29, 1.82) is 0 Å². The first-order valence-electron chi connectivity index (χ1n) is 2.64. The molecule has 0 radical (unpaired) electrons. The van der Waals surface area contributed by atoms with Crippen molar-refractivity contribution < 1.29 is 5.11 Å². The van der Waals surface area contributed by atoms with Crippen molar-refractivity contribution in [3.8, 4) is 0 Å². The highest BCUT2D eigenvalue weighted by Gasteiger charge is 2.31. The molecule has 0 spiro atoms. The average molecular weight is 199 g/mol. The first-order valence-corrected chi connectivity index (χ1v) is 3.83. The predicted octanol–water partition coefficient (Wildman–Crippen LogP) is 2.21. The number of hydrogen-bond acceptors (Lipinski definition) is 1. The minimum atomic E-state index is -1.53. The van der Waals surface area contributed by atoms with E-state index in [1.54, 1.807) is 6.08 Å². The monoisotopic (exact) mass is 198 g/mol. The first kappa shape index (κ1) is 8.41. The Kier molecular flexibility index (Phi) is 2.31. The van der Waals surface area contributed by atoms with Gasteiger partial charge in [0.05, 0.1) is 5.38 Å². The van der Waals surface area contributed by atoms with Crippen LogP contribution in [0, 0.1) is 0 Å². The minimum absolute atomic E-state index is 0.398. The number of hydrogen-bond donors (Lipinski definition) is 1. The molecule has 56 valence electrons. The van der Waals surface area contributed by atoms with Crippen LogP contribution in [0.1, 0.15) is 0 Å². The highest BCUT2D eigenvalue weighted by molar-refractivity contribution is 6.36. The van der Waals surface area contributed by atoms with Crippen LogP contribution in [0.3, 0.4) is 0 Å². The van der Waals surface area contributed by atoms with E-state index < -0.39 is 10.4 Å². The molecule has 0 saturated carbocycles. The standard InChI is InChI=1S/C6H5Cl3O/c7-4-1-2-5(8)6(9,10)3-4/h1-3,5,10H. The fourth-order valence-corrected chi connectivity index (χ4v) is 1.25. The normalized spacial score (nSPS) is 39.6. The maximum absolute atomic E-state index is 9.23. The Morgan fingerprint density at radius 2 is 2.20 bits per heavy atom. The maximum Gasteiger partial charge on any atom is 0.179 e. The Labute approximate surface area is 73.9 Å². The van der Waals surface area contributed by atoms with Gasteiger partial charge in [0.15, 0.2) is 5.06 Å². The molecule has 0 aromatic rings. The molecule has 4 heteroatoms. The number of alkyl halides is 2. The van der Waals surface area contributed by atoms with E-state index in [2.05, 4.69) is 0 Å². The molecule has 0 aliphatic heterocycles.